The fourth-order valence-electron chi connectivity index (χ4n) is 3.10. The van der Waals surface area contributed by atoms with Crippen molar-refractivity contribution in [1.82, 2.24) is 4.90 Å². The average Bonchev–Trinajstić information content (AvgIpc) is 3.32. The fourth-order valence-corrected chi connectivity index (χ4v) is 3.88. The predicted molar refractivity (Wildman–Crippen MR) is 101 cm³/mol. The van der Waals surface area contributed by atoms with E-state index in [9.17, 15) is 9.90 Å². The van der Waals surface area contributed by atoms with E-state index in [2.05, 4.69) is 41.6 Å². The van der Waals surface area contributed by atoms with Crippen molar-refractivity contribution in [3.63, 3.8) is 0 Å². The Hall–Kier alpha value is -0.860. The van der Waals surface area contributed by atoms with Crippen LogP contribution in [0, 0.1) is 3.57 Å². The summed E-state index contributed by atoms with van der Waals surface area (Å²) in [6.07, 6.45) is 3.33. The largest absolute Gasteiger partial charge is 0.465 e. The van der Waals surface area contributed by atoms with Gasteiger partial charge in [-0.3, -0.25) is 4.90 Å². The smallest absolute Gasteiger partial charge is 0.409 e. The van der Waals surface area contributed by atoms with Crippen LogP contribution in [0.5, 0.6) is 0 Å². The van der Waals surface area contributed by atoms with E-state index in [0.29, 0.717) is 6.42 Å². The summed E-state index contributed by atoms with van der Waals surface area (Å²) in [6.45, 7) is 2.25. The van der Waals surface area contributed by atoms with Gasteiger partial charge in [0.2, 0.25) is 0 Å². The first kappa shape index (κ1) is 19.5. The second-order valence-electron chi connectivity index (χ2n) is 6.14. The van der Waals surface area contributed by atoms with Crippen LogP contribution in [0.15, 0.2) is 24.3 Å². The molecule has 1 unspecified atom stereocenters. The number of carboxylic acid groups (broad SMARTS) is 1. The molecule has 0 saturated heterocycles. The molecule has 134 valence electrons. The molecule has 0 bridgehead atoms. The van der Waals surface area contributed by atoms with E-state index in [1.165, 1.54) is 14.0 Å². The zero-order valence-electron chi connectivity index (χ0n) is 14.3. The third-order valence-corrected chi connectivity index (χ3v) is 5.37. The highest BCUT2D eigenvalue weighted by Crippen LogP contribution is 2.47. The second-order valence-corrected chi connectivity index (χ2v) is 7.31. The molecule has 1 aliphatic carbocycles. The number of ether oxygens (including phenoxy) is 2. The second kappa shape index (κ2) is 9.58. The minimum Gasteiger partial charge on any atom is -0.465 e. The molecule has 0 radical (unpaired) electrons. The van der Waals surface area contributed by atoms with Gasteiger partial charge in [0.05, 0.1) is 0 Å². The number of rotatable bonds is 10. The van der Waals surface area contributed by atoms with Gasteiger partial charge >= 0.3 is 6.09 Å². The standard InChI is InChI=1S/C18H26INO4/c1-3-4-5-10-17(24-12-23-2)20(18(21)22)16-11-14(16)13-8-6-7-9-15(13)19/h6-9,14,16-17H,3-5,10-12H2,1-2H3,(H,21,22)/t14-,16-,17?/m0/s1. The van der Waals surface area contributed by atoms with Crippen molar-refractivity contribution in [3.8, 4) is 0 Å². The lowest BCUT2D eigenvalue weighted by Gasteiger charge is -2.30. The number of methoxy groups -OCH3 is 1. The van der Waals surface area contributed by atoms with Gasteiger partial charge in [-0.05, 0) is 53.5 Å². The summed E-state index contributed by atoms with van der Waals surface area (Å²) in [7, 11) is 1.56. The maximum atomic E-state index is 11.9. The summed E-state index contributed by atoms with van der Waals surface area (Å²) in [5.41, 5.74) is 1.23. The normalized spacial score (nSPS) is 20.6. The maximum Gasteiger partial charge on any atom is 0.409 e. The van der Waals surface area contributed by atoms with Crippen LogP contribution in [0.3, 0.4) is 0 Å². The fraction of sp³-hybridized carbons (Fsp3) is 0.611. The summed E-state index contributed by atoms with van der Waals surface area (Å²) in [6, 6.07) is 8.16. The van der Waals surface area contributed by atoms with Gasteiger partial charge < -0.3 is 14.6 Å². The number of halogens is 1. The Bertz CT molecular complexity index is 540. The van der Waals surface area contributed by atoms with Crippen LogP contribution in [0.2, 0.25) is 0 Å². The number of benzene rings is 1. The molecule has 2 rings (SSSR count). The Morgan fingerprint density at radius 2 is 2.17 bits per heavy atom. The molecule has 6 heteroatoms. The number of amides is 1. The lowest BCUT2D eigenvalue weighted by atomic mass is 10.1. The molecule has 3 atom stereocenters. The number of hydrogen-bond donors (Lipinski definition) is 1. The molecule has 1 saturated carbocycles. The van der Waals surface area contributed by atoms with Crippen molar-refractivity contribution >= 4 is 28.7 Å². The molecule has 0 spiro atoms. The van der Waals surface area contributed by atoms with Crippen LogP contribution < -0.4 is 0 Å². The molecule has 1 N–H and O–H groups in total. The summed E-state index contributed by atoms with van der Waals surface area (Å²) >= 11 is 2.32. The van der Waals surface area contributed by atoms with Gasteiger partial charge in [0.1, 0.15) is 13.0 Å². The number of unbranched alkanes of at least 4 members (excludes halogenated alkanes) is 2. The zero-order valence-corrected chi connectivity index (χ0v) is 16.4. The Kier molecular flexibility index (Phi) is 7.77. The quantitative estimate of drug-likeness (QED) is 0.322. The molecular weight excluding hydrogens is 421 g/mol. The van der Waals surface area contributed by atoms with Gasteiger partial charge in [-0.2, -0.15) is 0 Å². The van der Waals surface area contributed by atoms with Gasteiger partial charge in [0.25, 0.3) is 0 Å². The minimum absolute atomic E-state index is 0.0121. The summed E-state index contributed by atoms with van der Waals surface area (Å²) in [4.78, 5) is 13.4. The van der Waals surface area contributed by atoms with Gasteiger partial charge in [-0.1, -0.05) is 38.0 Å². The Balaban J connectivity index is 2.09. The highest BCUT2D eigenvalue weighted by molar-refractivity contribution is 14.1. The first-order valence-electron chi connectivity index (χ1n) is 8.46. The van der Waals surface area contributed by atoms with Crippen molar-refractivity contribution in [2.45, 2.75) is 57.2 Å². The van der Waals surface area contributed by atoms with Crippen LogP contribution >= 0.6 is 22.6 Å². The SMILES string of the molecule is CCCCCC(OCOC)N(C(=O)O)[C@H]1C[C@H]1c1ccccc1I. The maximum absolute atomic E-state index is 11.9. The zero-order chi connectivity index (χ0) is 17.5. The molecule has 1 aromatic carbocycles. The third-order valence-electron chi connectivity index (χ3n) is 4.38. The van der Waals surface area contributed by atoms with Crippen LogP contribution in [0.25, 0.3) is 0 Å². The molecule has 0 aromatic heterocycles. The Morgan fingerprint density at radius 1 is 1.42 bits per heavy atom. The molecule has 24 heavy (non-hydrogen) atoms. The van der Waals surface area contributed by atoms with Crippen LogP contribution in [-0.4, -0.2) is 42.3 Å². The lowest BCUT2D eigenvalue weighted by molar-refractivity contribution is -0.128. The monoisotopic (exact) mass is 447 g/mol. The van der Waals surface area contributed by atoms with Crippen LogP contribution in [0.1, 0.15) is 50.5 Å². The topological polar surface area (TPSA) is 59.0 Å². The van der Waals surface area contributed by atoms with Crippen LogP contribution in [0.4, 0.5) is 4.79 Å². The average molecular weight is 447 g/mol. The van der Waals surface area contributed by atoms with E-state index in [4.69, 9.17) is 9.47 Å². The number of nitrogens with zero attached hydrogens (tertiary/aromatic N) is 1. The predicted octanol–water partition coefficient (Wildman–Crippen LogP) is 4.65. The van der Waals surface area contributed by atoms with Gasteiger partial charge in [0.15, 0.2) is 0 Å². The van der Waals surface area contributed by atoms with E-state index in [1.807, 2.05) is 12.1 Å². The third kappa shape index (κ3) is 5.07. The molecule has 0 aliphatic heterocycles. The van der Waals surface area contributed by atoms with E-state index in [-0.39, 0.29) is 18.8 Å². The van der Waals surface area contributed by atoms with Gasteiger partial charge in [-0.15, -0.1) is 0 Å². The van der Waals surface area contributed by atoms with Crippen molar-refractivity contribution in [1.29, 1.82) is 0 Å². The van der Waals surface area contributed by atoms with E-state index >= 15 is 0 Å². The van der Waals surface area contributed by atoms with Gasteiger partial charge in [0, 0.05) is 22.6 Å². The molecule has 1 fully saturated rings. The van der Waals surface area contributed by atoms with Crippen molar-refractivity contribution in [3.05, 3.63) is 33.4 Å². The minimum atomic E-state index is -0.911. The first-order chi connectivity index (χ1) is 11.6. The Labute approximate surface area is 157 Å². The summed E-state index contributed by atoms with van der Waals surface area (Å²) in [5.74, 6) is 0.258. The van der Waals surface area contributed by atoms with Crippen molar-refractivity contribution in [2.75, 3.05) is 13.9 Å². The number of carbonyl (C=O) groups is 1. The first-order valence-corrected chi connectivity index (χ1v) is 9.54. The highest BCUT2D eigenvalue weighted by Gasteiger charge is 2.48. The van der Waals surface area contributed by atoms with Crippen molar-refractivity contribution < 1.29 is 19.4 Å². The Morgan fingerprint density at radius 3 is 2.79 bits per heavy atom. The molecule has 5 nitrogen and oxygen atoms in total. The van der Waals surface area contributed by atoms with E-state index in [0.717, 1.165) is 25.7 Å². The van der Waals surface area contributed by atoms with E-state index < -0.39 is 12.3 Å². The summed E-state index contributed by atoms with van der Waals surface area (Å²) < 4.78 is 11.9. The molecule has 1 amide bonds. The molecular formula is C18H26INO4. The summed E-state index contributed by atoms with van der Waals surface area (Å²) in [5, 5.41) is 9.75. The number of hydrogen-bond acceptors (Lipinski definition) is 3. The molecule has 1 aliphatic rings. The van der Waals surface area contributed by atoms with E-state index in [1.54, 1.807) is 7.11 Å². The molecule has 0 heterocycles. The van der Waals surface area contributed by atoms with Crippen molar-refractivity contribution in [2.24, 2.45) is 0 Å². The lowest BCUT2D eigenvalue weighted by Crippen LogP contribution is -2.43. The molecule has 1 aromatic rings. The van der Waals surface area contributed by atoms with Gasteiger partial charge in [-0.25, -0.2) is 4.79 Å². The highest BCUT2D eigenvalue weighted by atomic mass is 127. The van der Waals surface area contributed by atoms with Crippen LogP contribution in [-0.2, 0) is 9.47 Å².